The Morgan fingerprint density at radius 2 is 1.43 bits per heavy atom. The van der Waals surface area contributed by atoms with Crippen LogP contribution in [0.25, 0.3) is 0 Å². The van der Waals surface area contributed by atoms with E-state index in [-0.39, 0.29) is 62.7 Å². The second kappa shape index (κ2) is 11.9. The van der Waals surface area contributed by atoms with Gasteiger partial charge >= 0.3 is 12.4 Å². The SMILES string of the molecule is O=C(CN1CN(c2ccccc2)C2(CCN(C(=O)c3ccc(C(F)(F)F)cc3)CC2)C1=O)NCc1cccc(C(F)(F)F)c1. The van der Waals surface area contributed by atoms with E-state index in [1.54, 1.807) is 12.1 Å². The lowest BCUT2D eigenvalue weighted by Crippen LogP contribution is -2.57. The number of nitrogens with zero attached hydrogens (tertiary/aromatic N) is 3. The molecule has 7 nitrogen and oxygen atoms in total. The molecule has 2 aliphatic heterocycles. The smallest absolute Gasteiger partial charge is 0.350 e. The molecule has 0 aliphatic carbocycles. The molecule has 232 valence electrons. The first-order valence-electron chi connectivity index (χ1n) is 13.8. The van der Waals surface area contributed by atoms with Gasteiger partial charge in [0.05, 0.1) is 17.8 Å². The van der Waals surface area contributed by atoms with Crippen molar-refractivity contribution >= 4 is 23.4 Å². The van der Waals surface area contributed by atoms with Crippen LogP contribution < -0.4 is 10.2 Å². The Labute approximate surface area is 249 Å². The van der Waals surface area contributed by atoms with Gasteiger partial charge < -0.3 is 20.0 Å². The number of hydrogen-bond donors (Lipinski definition) is 1. The second-order valence-corrected chi connectivity index (χ2v) is 10.8. The van der Waals surface area contributed by atoms with Crippen LogP contribution in [0.15, 0.2) is 78.9 Å². The van der Waals surface area contributed by atoms with Crippen LogP contribution in [0.1, 0.15) is 39.9 Å². The summed E-state index contributed by atoms with van der Waals surface area (Å²) in [5, 5.41) is 2.58. The third kappa shape index (κ3) is 6.36. The number of carbonyl (C=O) groups excluding carboxylic acids is 3. The zero-order chi connectivity index (χ0) is 31.7. The molecule has 1 spiro atoms. The fraction of sp³-hybridized carbons (Fsp3) is 0.323. The summed E-state index contributed by atoms with van der Waals surface area (Å²) in [7, 11) is 0. The number of benzene rings is 3. The molecular weight excluding hydrogens is 590 g/mol. The van der Waals surface area contributed by atoms with E-state index in [2.05, 4.69) is 5.32 Å². The lowest BCUT2D eigenvalue weighted by atomic mass is 9.85. The van der Waals surface area contributed by atoms with Crippen LogP contribution in [0.4, 0.5) is 32.0 Å². The zero-order valence-electron chi connectivity index (χ0n) is 23.3. The molecule has 0 bridgehead atoms. The van der Waals surface area contributed by atoms with E-state index in [1.807, 2.05) is 23.1 Å². The monoisotopic (exact) mass is 618 g/mol. The highest BCUT2D eigenvalue weighted by Crippen LogP contribution is 2.40. The van der Waals surface area contributed by atoms with Crippen molar-refractivity contribution in [2.45, 2.75) is 37.3 Å². The fourth-order valence-electron chi connectivity index (χ4n) is 5.67. The normalized spacial score (nSPS) is 16.9. The molecule has 0 unspecified atom stereocenters. The van der Waals surface area contributed by atoms with Crippen molar-refractivity contribution in [1.82, 2.24) is 15.1 Å². The van der Waals surface area contributed by atoms with Crippen molar-refractivity contribution in [1.29, 1.82) is 0 Å². The van der Waals surface area contributed by atoms with E-state index >= 15 is 0 Å². The number of rotatable bonds is 6. The minimum absolute atomic E-state index is 0.0761. The Bertz CT molecular complexity index is 1520. The highest BCUT2D eigenvalue weighted by molar-refractivity contribution is 5.97. The van der Waals surface area contributed by atoms with Crippen LogP contribution in [-0.4, -0.2) is 59.4 Å². The summed E-state index contributed by atoms with van der Waals surface area (Å²) in [5.41, 5.74) is -1.67. The van der Waals surface area contributed by atoms with E-state index in [0.29, 0.717) is 0 Å². The van der Waals surface area contributed by atoms with Crippen molar-refractivity contribution in [3.63, 3.8) is 0 Å². The largest absolute Gasteiger partial charge is 0.416 e. The lowest BCUT2D eigenvalue weighted by molar-refractivity contribution is -0.138. The molecule has 0 radical (unpaired) electrons. The van der Waals surface area contributed by atoms with Gasteiger partial charge in [-0.05, 0) is 66.9 Å². The molecular formula is C31H28F6N4O3. The first kappa shape index (κ1) is 30.9. The van der Waals surface area contributed by atoms with Gasteiger partial charge in [0.25, 0.3) is 11.8 Å². The van der Waals surface area contributed by atoms with E-state index in [1.165, 1.54) is 21.9 Å². The summed E-state index contributed by atoms with van der Waals surface area (Å²) in [4.78, 5) is 44.6. The van der Waals surface area contributed by atoms with Crippen molar-refractivity contribution in [2.75, 3.05) is 31.2 Å². The summed E-state index contributed by atoms with van der Waals surface area (Å²) in [6.07, 6.45) is -8.61. The molecule has 13 heteroatoms. The van der Waals surface area contributed by atoms with Crippen LogP contribution in [-0.2, 0) is 28.5 Å². The Morgan fingerprint density at radius 1 is 0.795 bits per heavy atom. The van der Waals surface area contributed by atoms with Gasteiger partial charge in [0.2, 0.25) is 5.91 Å². The highest BCUT2D eigenvalue weighted by Gasteiger charge is 2.54. The Balaban J connectivity index is 1.27. The highest BCUT2D eigenvalue weighted by atomic mass is 19.4. The Kier molecular flexibility index (Phi) is 8.32. The number of amides is 3. The molecule has 1 N–H and O–H groups in total. The molecule has 2 heterocycles. The van der Waals surface area contributed by atoms with Crippen LogP contribution >= 0.6 is 0 Å². The Hall–Kier alpha value is -4.55. The number of para-hydroxylation sites is 1. The maximum absolute atomic E-state index is 13.9. The summed E-state index contributed by atoms with van der Waals surface area (Å²) in [6.45, 7) is -0.0852. The van der Waals surface area contributed by atoms with Gasteiger partial charge in [-0.1, -0.05) is 30.3 Å². The first-order chi connectivity index (χ1) is 20.8. The average molecular weight is 619 g/mol. The number of nitrogens with one attached hydrogen (secondary N) is 1. The van der Waals surface area contributed by atoms with Crippen molar-refractivity contribution in [3.05, 3.63) is 101 Å². The molecule has 2 aliphatic rings. The number of hydrogen-bond acceptors (Lipinski definition) is 4. The zero-order valence-corrected chi connectivity index (χ0v) is 23.3. The van der Waals surface area contributed by atoms with Gasteiger partial charge in [-0.15, -0.1) is 0 Å². The number of likely N-dealkylation sites (tertiary alicyclic amines) is 1. The topological polar surface area (TPSA) is 73.0 Å². The van der Waals surface area contributed by atoms with Crippen LogP contribution in [0, 0.1) is 0 Å². The van der Waals surface area contributed by atoms with Crippen molar-refractivity contribution < 1.29 is 40.7 Å². The standard InChI is InChI=1S/C31H28F6N4O3/c32-30(33,34)23-11-9-22(10-12-23)27(43)39-15-13-29(14-16-39)28(44)40(20-41(29)25-7-2-1-3-8-25)19-26(42)38-18-21-5-4-6-24(17-21)31(35,36)37/h1-12,17H,13-16,18-20H2,(H,38,42). The number of carbonyl (C=O) groups is 3. The summed E-state index contributed by atoms with van der Waals surface area (Å²) < 4.78 is 78.0. The Morgan fingerprint density at radius 3 is 2.05 bits per heavy atom. The molecule has 2 saturated heterocycles. The summed E-state index contributed by atoms with van der Waals surface area (Å²) in [6, 6.07) is 17.7. The third-order valence-corrected chi connectivity index (χ3v) is 8.00. The van der Waals surface area contributed by atoms with Gasteiger partial charge in [0.1, 0.15) is 12.1 Å². The van der Waals surface area contributed by atoms with E-state index in [0.717, 1.165) is 42.1 Å². The molecule has 3 aromatic rings. The molecule has 44 heavy (non-hydrogen) atoms. The quantitative estimate of drug-likeness (QED) is 0.380. The van der Waals surface area contributed by atoms with Crippen LogP contribution in [0.5, 0.6) is 0 Å². The summed E-state index contributed by atoms with van der Waals surface area (Å²) in [5.74, 6) is -1.32. The number of anilines is 1. The number of halogens is 6. The van der Waals surface area contributed by atoms with Crippen LogP contribution in [0.2, 0.25) is 0 Å². The molecule has 0 atom stereocenters. The van der Waals surface area contributed by atoms with Crippen LogP contribution in [0.3, 0.4) is 0 Å². The van der Waals surface area contributed by atoms with Gasteiger partial charge in [-0.2, -0.15) is 26.3 Å². The first-order valence-corrected chi connectivity index (χ1v) is 13.8. The van der Waals surface area contributed by atoms with Gasteiger partial charge in [0, 0.05) is 30.9 Å². The molecule has 2 fully saturated rings. The minimum Gasteiger partial charge on any atom is -0.350 e. The fourth-order valence-corrected chi connectivity index (χ4v) is 5.67. The molecule has 3 aromatic carbocycles. The van der Waals surface area contributed by atoms with Crippen molar-refractivity contribution in [2.24, 2.45) is 0 Å². The molecule has 0 saturated carbocycles. The van der Waals surface area contributed by atoms with Crippen molar-refractivity contribution in [3.8, 4) is 0 Å². The average Bonchev–Trinajstić information content (AvgIpc) is 3.26. The lowest BCUT2D eigenvalue weighted by Gasteiger charge is -2.43. The second-order valence-electron chi connectivity index (χ2n) is 10.8. The van der Waals surface area contributed by atoms with E-state index < -0.39 is 40.8 Å². The maximum atomic E-state index is 13.9. The van der Waals surface area contributed by atoms with Gasteiger partial charge in [0.15, 0.2) is 0 Å². The predicted molar refractivity (Wildman–Crippen MR) is 148 cm³/mol. The third-order valence-electron chi connectivity index (χ3n) is 8.00. The molecule has 5 rings (SSSR count). The number of piperidine rings is 1. The number of alkyl halides is 6. The minimum atomic E-state index is -4.52. The summed E-state index contributed by atoms with van der Waals surface area (Å²) >= 11 is 0. The molecule has 3 amide bonds. The maximum Gasteiger partial charge on any atom is 0.416 e. The van der Waals surface area contributed by atoms with E-state index in [9.17, 15) is 40.7 Å². The predicted octanol–water partition coefficient (Wildman–Crippen LogP) is 5.32. The van der Waals surface area contributed by atoms with Gasteiger partial charge in [-0.25, -0.2) is 0 Å². The molecule has 0 aromatic heterocycles. The van der Waals surface area contributed by atoms with Gasteiger partial charge in [-0.3, -0.25) is 14.4 Å². The van der Waals surface area contributed by atoms with E-state index in [4.69, 9.17) is 0 Å².